The molecule has 25 heavy (non-hydrogen) atoms. The smallest absolute Gasteiger partial charge is 0.270 e. The van der Waals surface area contributed by atoms with E-state index in [4.69, 9.17) is 0 Å². The van der Waals surface area contributed by atoms with E-state index in [1.165, 1.54) is 0 Å². The fourth-order valence-corrected chi connectivity index (χ4v) is 3.96. The number of para-hydroxylation sites is 1. The third kappa shape index (κ3) is 4.05. The van der Waals surface area contributed by atoms with Gasteiger partial charge in [0.1, 0.15) is 5.69 Å². The lowest BCUT2D eigenvalue weighted by molar-refractivity contribution is 0.0357. The summed E-state index contributed by atoms with van der Waals surface area (Å²) in [7, 11) is 0. The van der Waals surface area contributed by atoms with Gasteiger partial charge in [0, 0.05) is 30.6 Å². The number of aromatic nitrogens is 1. The van der Waals surface area contributed by atoms with Crippen LogP contribution in [0.2, 0.25) is 0 Å². The van der Waals surface area contributed by atoms with Crippen molar-refractivity contribution >= 4 is 16.8 Å². The van der Waals surface area contributed by atoms with Crippen molar-refractivity contribution in [3.05, 3.63) is 35.5 Å². The molecule has 0 bridgehead atoms. The number of hydrogen-bond donors (Lipinski definition) is 3. The fraction of sp³-hybridized carbons (Fsp3) is 0.550. The van der Waals surface area contributed by atoms with Crippen molar-refractivity contribution in [2.24, 2.45) is 5.92 Å². The highest BCUT2D eigenvalue weighted by atomic mass is 16.3. The van der Waals surface area contributed by atoms with Gasteiger partial charge in [-0.1, -0.05) is 18.2 Å². The predicted molar refractivity (Wildman–Crippen MR) is 98.6 cm³/mol. The van der Waals surface area contributed by atoms with Crippen LogP contribution in [0, 0.1) is 5.92 Å². The maximum absolute atomic E-state index is 13.0. The van der Waals surface area contributed by atoms with Crippen LogP contribution in [0.1, 0.15) is 49.2 Å². The van der Waals surface area contributed by atoms with Crippen LogP contribution in [0.15, 0.2) is 24.3 Å². The Morgan fingerprint density at radius 1 is 1.28 bits per heavy atom. The van der Waals surface area contributed by atoms with Crippen LogP contribution >= 0.6 is 0 Å². The first-order chi connectivity index (χ1) is 11.9. The first kappa shape index (κ1) is 18.0. The molecule has 1 aliphatic heterocycles. The maximum atomic E-state index is 13.0. The highest BCUT2D eigenvalue weighted by Gasteiger charge is 2.29. The summed E-state index contributed by atoms with van der Waals surface area (Å²) >= 11 is 0. The summed E-state index contributed by atoms with van der Waals surface area (Å²) in [6.45, 7) is 5.14. The molecule has 1 fully saturated rings. The molecular weight excluding hydrogens is 316 g/mol. The van der Waals surface area contributed by atoms with Gasteiger partial charge in [-0.3, -0.25) is 4.79 Å². The van der Waals surface area contributed by atoms with Crippen molar-refractivity contribution in [3.8, 4) is 0 Å². The van der Waals surface area contributed by atoms with Crippen molar-refractivity contribution in [2.75, 3.05) is 19.7 Å². The monoisotopic (exact) mass is 344 g/mol. The average Bonchev–Trinajstić information content (AvgIpc) is 2.93. The number of hydrogen-bond acceptors (Lipinski definition) is 3. The van der Waals surface area contributed by atoms with Gasteiger partial charge in [0.15, 0.2) is 0 Å². The Morgan fingerprint density at radius 3 is 2.60 bits per heavy atom. The van der Waals surface area contributed by atoms with E-state index in [9.17, 15) is 15.0 Å². The zero-order chi connectivity index (χ0) is 18.0. The second-order valence-electron chi connectivity index (χ2n) is 7.75. The van der Waals surface area contributed by atoms with Crippen LogP contribution in [0.5, 0.6) is 0 Å². The molecule has 0 atom stereocenters. The third-order valence-electron chi connectivity index (χ3n) is 5.08. The fourth-order valence-electron chi connectivity index (χ4n) is 3.96. The number of piperidine rings is 1. The number of likely N-dealkylation sites (tertiary alicyclic amines) is 1. The van der Waals surface area contributed by atoms with Gasteiger partial charge in [0.25, 0.3) is 5.91 Å². The normalized spacial score (nSPS) is 16.6. The maximum Gasteiger partial charge on any atom is 0.270 e. The van der Waals surface area contributed by atoms with Gasteiger partial charge in [0.2, 0.25) is 0 Å². The summed E-state index contributed by atoms with van der Waals surface area (Å²) in [6.07, 6.45) is 3.09. The minimum absolute atomic E-state index is 0.0151. The summed E-state index contributed by atoms with van der Waals surface area (Å²) in [5.74, 6) is 0.477. The van der Waals surface area contributed by atoms with Gasteiger partial charge in [-0.2, -0.15) is 0 Å². The number of aliphatic hydroxyl groups is 2. The van der Waals surface area contributed by atoms with Gasteiger partial charge in [0.05, 0.1) is 5.60 Å². The minimum atomic E-state index is -0.650. The zero-order valence-corrected chi connectivity index (χ0v) is 15.1. The minimum Gasteiger partial charge on any atom is -0.396 e. The Labute approximate surface area is 148 Å². The number of benzene rings is 1. The molecule has 0 saturated carbocycles. The largest absolute Gasteiger partial charge is 0.396 e. The molecule has 136 valence electrons. The molecule has 5 heteroatoms. The number of aromatic amines is 1. The molecule has 3 N–H and O–H groups in total. The van der Waals surface area contributed by atoms with Crippen LogP contribution in [0.25, 0.3) is 10.9 Å². The lowest BCUT2D eigenvalue weighted by Gasteiger charge is -2.34. The van der Waals surface area contributed by atoms with Gasteiger partial charge in [-0.05, 0) is 57.1 Å². The Balaban J connectivity index is 1.76. The van der Waals surface area contributed by atoms with Gasteiger partial charge >= 0.3 is 0 Å². The Morgan fingerprint density at radius 2 is 1.96 bits per heavy atom. The highest BCUT2D eigenvalue weighted by Crippen LogP contribution is 2.29. The van der Waals surface area contributed by atoms with E-state index in [-0.39, 0.29) is 12.5 Å². The van der Waals surface area contributed by atoms with Crippen molar-refractivity contribution in [1.82, 2.24) is 9.88 Å². The molecule has 2 heterocycles. The molecule has 5 nitrogen and oxygen atoms in total. The number of aliphatic hydroxyl groups excluding tert-OH is 1. The van der Waals surface area contributed by atoms with E-state index in [0.29, 0.717) is 31.1 Å². The second-order valence-corrected chi connectivity index (χ2v) is 7.75. The number of rotatable bonds is 5. The molecule has 3 rings (SSSR count). The molecular formula is C20H28N2O3. The average molecular weight is 344 g/mol. The van der Waals surface area contributed by atoms with E-state index in [2.05, 4.69) is 4.98 Å². The van der Waals surface area contributed by atoms with Crippen LogP contribution in [0.3, 0.4) is 0 Å². The van der Waals surface area contributed by atoms with E-state index in [1.54, 1.807) is 0 Å². The second kappa shape index (κ2) is 7.18. The zero-order valence-electron chi connectivity index (χ0n) is 15.1. The van der Waals surface area contributed by atoms with E-state index in [1.807, 2.05) is 43.0 Å². The molecule has 0 spiro atoms. The molecule has 0 aliphatic carbocycles. The summed E-state index contributed by atoms with van der Waals surface area (Å²) in [5, 5.41) is 20.4. The molecule has 0 unspecified atom stereocenters. The molecule has 1 aliphatic rings. The Kier molecular flexibility index (Phi) is 5.16. The quantitative estimate of drug-likeness (QED) is 0.780. The lowest BCUT2D eigenvalue weighted by Crippen LogP contribution is -2.40. The summed E-state index contributed by atoms with van der Waals surface area (Å²) < 4.78 is 0. The number of fused-ring (bicyclic) bond motifs is 1. The first-order valence-electron chi connectivity index (χ1n) is 9.11. The first-order valence-corrected chi connectivity index (χ1v) is 9.11. The van der Waals surface area contributed by atoms with Gasteiger partial charge < -0.3 is 20.1 Å². The predicted octanol–water partition coefficient (Wildman–Crippen LogP) is 2.72. The highest BCUT2D eigenvalue weighted by molar-refractivity contribution is 6.01. The van der Waals surface area contributed by atoms with Crippen molar-refractivity contribution < 1.29 is 15.0 Å². The summed E-state index contributed by atoms with van der Waals surface area (Å²) in [4.78, 5) is 18.2. The van der Waals surface area contributed by atoms with E-state index >= 15 is 0 Å². The topological polar surface area (TPSA) is 76.6 Å². The van der Waals surface area contributed by atoms with Crippen molar-refractivity contribution in [1.29, 1.82) is 0 Å². The van der Waals surface area contributed by atoms with E-state index < -0.39 is 5.60 Å². The third-order valence-corrected chi connectivity index (χ3v) is 5.08. The number of carbonyl (C=O) groups excluding carboxylic acids is 1. The summed E-state index contributed by atoms with van der Waals surface area (Å²) in [5.41, 5.74) is 1.80. The molecule has 1 amide bonds. The van der Waals surface area contributed by atoms with Crippen molar-refractivity contribution in [3.63, 3.8) is 0 Å². The number of nitrogens with one attached hydrogen (secondary N) is 1. The van der Waals surface area contributed by atoms with Crippen LogP contribution in [-0.4, -0.2) is 51.3 Å². The van der Waals surface area contributed by atoms with Gasteiger partial charge in [-0.25, -0.2) is 0 Å². The van der Waals surface area contributed by atoms with Crippen LogP contribution < -0.4 is 0 Å². The van der Waals surface area contributed by atoms with Crippen LogP contribution in [-0.2, 0) is 6.42 Å². The molecule has 0 radical (unpaired) electrons. The molecule has 1 aromatic carbocycles. The molecule has 1 saturated heterocycles. The Hall–Kier alpha value is -1.85. The van der Waals surface area contributed by atoms with E-state index in [0.717, 1.165) is 35.7 Å². The van der Waals surface area contributed by atoms with Crippen LogP contribution in [0.4, 0.5) is 0 Å². The SMILES string of the molecule is CC(C)(O)CC1CCN(C(=O)c2[nH]c3ccccc3c2CCO)CC1. The van der Waals surface area contributed by atoms with Crippen molar-refractivity contribution in [2.45, 2.75) is 45.1 Å². The number of nitrogens with zero attached hydrogens (tertiary/aromatic N) is 1. The van der Waals surface area contributed by atoms with Gasteiger partial charge in [-0.15, -0.1) is 0 Å². The standard InChI is InChI=1S/C20H28N2O3/c1-20(2,25)13-14-7-10-22(11-8-14)19(24)18-16(9-12-23)15-5-3-4-6-17(15)21-18/h3-6,14,21,23,25H,7-13H2,1-2H3. The number of carbonyl (C=O) groups is 1. The Bertz CT molecular complexity index is 737. The lowest BCUT2D eigenvalue weighted by atomic mass is 9.86. The number of H-pyrrole nitrogens is 1. The molecule has 2 aromatic rings. The molecule has 1 aromatic heterocycles. The number of amides is 1. The summed E-state index contributed by atoms with van der Waals surface area (Å²) in [6, 6.07) is 7.84.